The largest absolute Gasteiger partial charge is 0.385 e. The Morgan fingerprint density at radius 3 is 2.88 bits per heavy atom. The first-order valence-electron chi connectivity index (χ1n) is 5.48. The fraction of sp³-hybridized carbons (Fsp3) is 0.308. The molecule has 1 unspecified atom stereocenters. The summed E-state index contributed by atoms with van der Waals surface area (Å²) in [5.74, 6) is 0.311. The van der Waals surface area contributed by atoms with Crippen molar-refractivity contribution < 1.29 is 9.50 Å². The maximum atomic E-state index is 13.1. The smallest absolute Gasteiger partial charge is 0.137 e. The van der Waals surface area contributed by atoms with E-state index < -0.39 is 6.10 Å². The van der Waals surface area contributed by atoms with Gasteiger partial charge >= 0.3 is 0 Å². The Bertz CT molecular complexity index is 522. The summed E-state index contributed by atoms with van der Waals surface area (Å²) in [7, 11) is 1.82. The summed E-state index contributed by atoms with van der Waals surface area (Å²) >= 11 is 0. The third-order valence-electron chi connectivity index (χ3n) is 2.88. The first-order chi connectivity index (χ1) is 8.08. The minimum absolute atomic E-state index is 0.280. The van der Waals surface area contributed by atoms with E-state index in [4.69, 9.17) is 0 Å². The summed E-state index contributed by atoms with van der Waals surface area (Å²) in [4.78, 5) is 4.08. The highest BCUT2D eigenvalue weighted by Gasteiger charge is 2.14. The van der Waals surface area contributed by atoms with Gasteiger partial charge in [-0.2, -0.15) is 0 Å². The van der Waals surface area contributed by atoms with Crippen molar-refractivity contribution in [1.29, 1.82) is 0 Å². The Kier molecular flexibility index (Phi) is 3.24. The van der Waals surface area contributed by atoms with Crippen LogP contribution < -0.4 is 0 Å². The van der Waals surface area contributed by atoms with Crippen LogP contribution in [0.4, 0.5) is 4.39 Å². The molecule has 4 heteroatoms. The van der Waals surface area contributed by atoms with E-state index in [1.165, 1.54) is 12.1 Å². The second kappa shape index (κ2) is 4.67. The Hall–Kier alpha value is -1.68. The molecular formula is C13H15FN2O. The predicted molar refractivity (Wildman–Crippen MR) is 63.0 cm³/mol. The maximum Gasteiger partial charge on any atom is 0.137 e. The first-order valence-corrected chi connectivity index (χ1v) is 5.48. The van der Waals surface area contributed by atoms with Crippen LogP contribution in [0.5, 0.6) is 0 Å². The molecule has 0 fully saturated rings. The number of imidazole rings is 1. The lowest BCUT2D eigenvalue weighted by atomic mass is 10.0. The Morgan fingerprint density at radius 2 is 2.24 bits per heavy atom. The molecule has 90 valence electrons. The summed E-state index contributed by atoms with van der Waals surface area (Å²) in [6.07, 6.45) is 3.07. The fourth-order valence-electron chi connectivity index (χ4n) is 1.86. The van der Waals surface area contributed by atoms with Crippen LogP contribution in [0.25, 0.3) is 0 Å². The fourth-order valence-corrected chi connectivity index (χ4v) is 1.86. The van der Waals surface area contributed by atoms with Gasteiger partial charge in [-0.25, -0.2) is 9.37 Å². The van der Waals surface area contributed by atoms with Gasteiger partial charge < -0.3 is 9.67 Å². The number of aromatic nitrogens is 2. The molecule has 1 aromatic heterocycles. The Balaban J connectivity index is 2.21. The minimum Gasteiger partial charge on any atom is -0.385 e. The highest BCUT2D eigenvalue weighted by atomic mass is 19.1. The van der Waals surface area contributed by atoms with Crippen molar-refractivity contribution in [3.63, 3.8) is 0 Å². The van der Waals surface area contributed by atoms with Crippen LogP contribution in [0.1, 0.15) is 23.1 Å². The van der Waals surface area contributed by atoms with Crippen LogP contribution in [-0.4, -0.2) is 14.7 Å². The van der Waals surface area contributed by atoms with E-state index in [0.717, 1.165) is 11.1 Å². The van der Waals surface area contributed by atoms with Crippen molar-refractivity contribution in [3.8, 4) is 0 Å². The van der Waals surface area contributed by atoms with Gasteiger partial charge in [-0.3, -0.25) is 0 Å². The molecule has 1 heterocycles. The maximum absolute atomic E-state index is 13.1. The number of aliphatic hydroxyl groups is 1. The van der Waals surface area contributed by atoms with E-state index in [9.17, 15) is 9.50 Å². The molecule has 0 radical (unpaired) electrons. The molecule has 1 atom stereocenters. The van der Waals surface area contributed by atoms with Gasteiger partial charge in [-0.05, 0) is 30.2 Å². The lowest BCUT2D eigenvalue weighted by molar-refractivity contribution is 0.164. The van der Waals surface area contributed by atoms with Crippen LogP contribution in [0.15, 0.2) is 30.6 Å². The molecule has 0 saturated carbocycles. The molecular weight excluding hydrogens is 219 g/mol. The van der Waals surface area contributed by atoms with Gasteiger partial charge in [-0.15, -0.1) is 0 Å². The molecule has 2 aromatic rings. The topological polar surface area (TPSA) is 38.1 Å². The van der Waals surface area contributed by atoms with Crippen molar-refractivity contribution in [3.05, 3.63) is 53.4 Å². The highest BCUT2D eigenvalue weighted by Crippen LogP contribution is 2.19. The van der Waals surface area contributed by atoms with Crippen LogP contribution in [0.2, 0.25) is 0 Å². The molecule has 0 aliphatic rings. The van der Waals surface area contributed by atoms with Gasteiger partial charge in [0.05, 0.1) is 0 Å². The average Bonchev–Trinajstić information content (AvgIpc) is 2.70. The van der Waals surface area contributed by atoms with Crippen molar-refractivity contribution in [2.24, 2.45) is 7.05 Å². The predicted octanol–water partition coefficient (Wildman–Crippen LogP) is 2.14. The SMILES string of the molecule is Cc1ccc(F)cc1CC(O)c1nccn1C. The normalized spacial score (nSPS) is 12.7. The van der Waals surface area contributed by atoms with Gasteiger partial charge in [0, 0.05) is 25.9 Å². The molecule has 0 aliphatic heterocycles. The van der Waals surface area contributed by atoms with Gasteiger partial charge in [-0.1, -0.05) is 6.07 Å². The number of halogens is 1. The van der Waals surface area contributed by atoms with Crippen molar-refractivity contribution >= 4 is 0 Å². The summed E-state index contributed by atoms with van der Waals surface area (Å²) in [6.45, 7) is 1.90. The molecule has 0 saturated heterocycles. The van der Waals surface area contributed by atoms with E-state index in [2.05, 4.69) is 4.98 Å². The van der Waals surface area contributed by atoms with E-state index in [0.29, 0.717) is 12.2 Å². The van der Waals surface area contributed by atoms with Crippen LogP contribution in [0.3, 0.4) is 0 Å². The Morgan fingerprint density at radius 1 is 1.47 bits per heavy atom. The van der Waals surface area contributed by atoms with Crippen LogP contribution in [-0.2, 0) is 13.5 Å². The number of hydrogen-bond acceptors (Lipinski definition) is 2. The lowest BCUT2D eigenvalue weighted by Gasteiger charge is -2.12. The van der Waals surface area contributed by atoms with E-state index in [1.54, 1.807) is 23.0 Å². The monoisotopic (exact) mass is 234 g/mol. The molecule has 0 bridgehead atoms. The summed E-state index contributed by atoms with van der Waals surface area (Å²) in [5, 5.41) is 10.1. The van der Waals surface area contributed by atoms with Crippen molar-refractivity contribution in [1.82, 2.24) is 9.55 Å². The standard InChI is InChI=1S/C13H15FN2O/c1-9-3-4-11(14)7-10(9)8-12(17)13-15-5-6-16(13)2/h3-7,12,17H,8H2,1-2H3. The molecule has 1 aromatic carbocycles. The lowest BCUT2D eigenvalue weighted by Crippen LogP contribution is -2.09. The summed E-state index contributed by atoms with van der Waals surface area (Å²) in [5.41, 5.74) is 1.78. The average molecular weight is 234 g/mol. The van der Waals surface area contributed by atoms with E-state index >= 15 is 0 Å². The van der Waals surface area contributed by atoms with Crippen molar-refractivity contribution in [2.45, 2.75) is 19.4 Å². The number of aliphatic hydroxyl groups excluding tert-OH is 1. The molecule has 1 N–H and O–H groups in total. The molecule has 2 rings (SSSR count). The van der Waals surface area contributed by atoms with Crippen molar-refractivity contribution in [2.75, 3.05) is 0 Å². The van der Waals surface area contributed by atoms with Crippen LogP contribution in [0, 0.1) is 12.7 Å². The highest BCUT2D eigenvalue weighted by molar-refractivity contribution is 5.27. The molecule has 0 amide bonds. The second-order valence-corrected chi connectivity index (χ2v) is 4.19. The van der Waals surface area contributed by atoms with Gasteiger partial charge in [0.25, 0.3) is 0 Å². The second-order valence-electron chi connectivity index (χ2n) is 4.19. The zero-order valence-electron chi connectivity index (χ0n) is 9.89. The van der Waals surface area contributed by atoms with E-state index in [-0.39, 0.29) is 5.82 Å². The third kappa shape index (κ3) is 2.53. The molecule has 17 heavy (non-hydrogen) atoms. The minimum atomic E-state index is -0.713. The van der Waals surface area contributed by atoms with Gasteiger partial charge in [0.1, 0.15) is 17.7 Å². The number of benzene rings is 1. The number of rotatable bonds is 3. The number of aryl methyl sites for hydroxylation is 2. The van der Waals surface area contributed by atoms with Gasteiger partial charge in [0.2, 0.25) is 0 Å². The van der Waals surface area contributed by atoms with E-state index in [1.807, 2.05) is 14.0 Å². The molecule has 0 aliphatic carbocycles. The quantitative estimate of drug-likeness (QED) is 0.883. The molecule has 3 nitrogen and oxygen atoms in total. The number of nitrogens with zero attached hydrogens (tertiary/aromatic N) is 2. The number of hydrogen-bond donors (Lipinski definition) is 1. The summed E-state index contributed by atoms with van der Waals surface area (Å²) in [6, 6.07) is 4.60. The Labute approximate surface area is 99.5 Å². The van der Waals surface area contributed by atoms with Gasteiger partial charge in [0.15, 0.2) is 0 Å². The zero-order chi connectivity index (χ0) is 12.4. The molecule has 0 spiro atoms. The zero-order valence-corrected chi connectivity index (χ0v) is 9.89. The first kappa shape index (κ1) is 11.8. The third-order valence-corrected chi connectivity index (χ3v) is 2.88. The summed E-state index contributed by atoms with van der Waals surface area (Å²) < 4.78 is 14.9. The van der Waals surface area contributed by atoms with Crippen LogP contribution >= 0.6 is 0 Å².